The number of β-amino-alcohol motifs (C(OH)–C–C–N with tert-alkyl or cyclic N) is 1. The smallest absolute Gasteiger partial charge is 0.254 e. The Balaban J connectivity index is 0.661. The maximum atomic E-state index is 13.7. The van der Waals surface area contributed by atoms with Gasteiger partial charge < -0.3 is 45.1 Å². The van der Waals surface area contributed by atoms with E-state index in [2.05, 4.69) is 88.3 Å². The number of piperidine rings is 1. The zero-order valence-electron chi connectivity index (χ0n) is 41.9. The molecule has 5 aromatic rings. The van der Waals surface area contributed by atoms with E-state index in [1.165, 1.54) is 12.8 Å². The van der Waals surface area contributed by atoms with E-state index in [1.54, 1.807) is 23.5 Å². The molecule has 4 saturated heterocycles. The molecule has 0 unspecified atom stereocenters. The Bertz CT molecular complexity index is 2510. The molecule has 3 aromatic heterocycles. The molecule has 71 heavy (non-hydrogen) atoms. The highest BCUT2D eigenvalue weighted by Gasteiger charge is 2.41. The number of likely N-dealkylation sites (tertiary alicyclic amines) is 1. The fourth-order valence-electron chi connectivity index (χ4n) is 10.9. The van der Waals surface area contributed by atoms with Crippen LogP contribution >= 0.6 is 11.3 Å². The van der Waals surface area contributed by atoms with Crippen LogP contribution in [0.3, 0.4) is 0 Å². The SMILES string of the molecule is Cc1ncsc1-c1ccc([C@H](C)NC(=O)[C@@H]2C[C@@H](O)CN2C[C@@H](c2cc(OCCN3CCN(CCCCN4CCOC5(CCN(c6cc(-c7ccccc7O)nnc6N)CC5)C4)CC3)no2)C(C)C)cc1. The lowest BCUT2D eigenvalue weighted by atomic mass is 9.89. The van der Waals surface area contributed by atoms with Crippen molar-refractivity contribution in [3.8, 4) is 33.3 Å². The number of aromatic hydroxyl groups is 1. The number of aryl methyl sites for hydroxylation is 1. The van der Waals surface area contributed by atoms with Crippen molar-refractivity contribution in [2.24, 2.45) is 5.92 Å². The lowest BCUT2D eigenvalue weighted by Crippen LogP contribution is -2.57. The largest absolute Gasteiger partial charge is 0.507 e. The van der Waals surface area contributed by atoms with Crippen LogP contribution in [0, 0.1) is 12.8 Å². The summed E-state index contributed by atoms with van der Waals surface area (Å²) in [6.45, 7) is 21.3. The zero-order chi connectivity index (χ0) is 49.5. The molecule has 4 atom stereocenters. The predicted molar refractivity (Wildman–Crippen MR) is 277 cm³/mol. The Morgan fingerprint density at radius 3 is 2.39 bits per heavy atom. The number of hydrogen-bond donors (Lipinski definition) is 4. The number of morpholine rings is 1. The average Bonchev–Trinajstić information content (AvgIpc) is 4.13. The molecular formula is C53H73N11O6S. The molecule has 2 aromatic carbocycles. The van der Waals surface area contributed by atoms with E-state index in [-0.39, 0.29) is 35.1 Å². The molecule has 5 N–H and O–H groups in total. The number of aromatic nitrogens is 4. The number of aliphatic hydroxyl groups is 1. The third-order valence-electron chi connectivity index (χ3n) is 15.2. The average molecular weight is 992 g/mol. The normalized spacial score (nSPS) is 21.2. The second kappa shape index (κ2) is 23.1. The van der Waals surface area contributed by atoms with Crippen LogP contribution in [0.15, 0.2) is 70.7 Å². The van der Waals surface area contributed by atoms with Gasteiger partial charge in [-0.15, -0.1) is 21.5 Å². The second-order valence-corrected chi connectivity index (χ2v) is 21.3. The van der Waals surface area contributed by atoms with Crippen molar-refractivity contribution in [1.82, 2.24) is 45.3 Å². The molecular weight excluding hydrogens is 919 g/mol. The number of para-hydroxylation sites is 1. The van der Waals surface area contributed by atoms with Crippen molar-refractivity contribution in [1.29, 1.82) is 0 Å². The number of nitrogens with one attached hydrogen (secondary N) is 1. The molecule has 4 fully saturated rings. The van der Waals surface area contributed by atoms with Crippen molar-refractivity contribution < 1.29 is 29.0 Å². The Morgan fingerprint density at radius 1 is 0.944 bits per heavy atom. The number of carbonyl (C=O) groups excluding carboxylic acids is 1. The van der Waals surface area contributed by atoms with E-state index in [1.807, 2.05) is 43.6 Å². The summed E-state index contributed by atoms with van der Waals surface area (Å²) in [5.74, 6) is 1.88. The van der Waals surface area contributed by atoms with Gasteiger partial charge in [0.25, 0.3) is 5.88 Å². The van der Waals surface area contributed by atoms with Gasteiger partial charge in [0.05, 0.1) is 57.9 Å². The van der Waals surface area contributed by atoms with E-state index in [0.29, 0.717) is 49.1 Å². The van der Waals surface area contributed by atoms with Crippen molar-refractivity contribution in [2.45, 2.75) is 89.5 Å². The fraction of sp³-hybridized carbons (Fsp3) is 0.566. The van der Waals surface area contributed by atoms with Crippen molar-refractivity contribution >= 4 is 28.7 Å². The van der Waals surface area contributed by atoms with Gasteiger partial charge >= 0.3 is 0 Å². The minimum absolute atomic E-state index is 0.0338. The highest BCUT2D eigenvalue weighted by molar-refractivity contribution is 7.13. The maximum absolute atomic E-state index is 13.7. The number of amides is 1. The van der Waals surface area contributed by atoms with Gasteiger partial charge in [-0.3, -0.25) is 19.5 Å². The summed E-state index contributed by atoms with van der Waals surface area (Å²) in [7, 11) is 0. The lowest BCUT2D eigenvalue weighted by molar-refractivity contribution is -0.126. The van der Waals surface area contributed by atoms with Crippen LogP contribution in [0.1, 0.15) is 81.9 Å². The van der Waals surface area contributed by atoms with Crippen LogP contribution < -0.4 is 20.7 Å². The lowest BCUT2D eigenvalue weighted by Gasteiger charge is -2.48. The Hall–Kier alpha value is -5.21. The van der Waals surface area contributed by atoms with Crippen molar-refractivity contribution in [3.05, 3.63) is 83.2 Å². The monoisotopic (exact) mass is 992 g/mol. The fourth-order valence-corrected chi connectivity index (χ4v) is 11.7. The number of carbonyl (C=O) groups is 1. The minimum atomic E-state index is -0.579. The minimum Gasteiger partial charge on any atom is -0.507 e. The molecule has 0 saturated carbocycles. The summed E-state index contributed by atoms with van der Waals surface area (Å²) in [6.07, 6.45) is 4.00. The van der Waals surface area contributed by atoms with Crippen LogP contribution in [0.2, 0.25) is 0 Å². The number of hydrogen-bond acceptors (Lipinski definition) is 17. The Kier molecular flexibility index (Phi) is 16.5. The van der Waals surface area contributed by atoms with Gasteiger partial charge in [0, 0.05) is 89.5 Å². The highest BCUT2D eigenvalue weighted by atomic mass is 32.1. The Morgan fingerprint density at radius 2 is 1.68 bits per heavy atom. The topological polar surface area (TPSA) is 195 Å². The third kappa shape index (κ3) is 12.5. The van der Waals surface area contributed by atoms with E-state index >= 15 is 0 Å². The number of nitrogens with two attached hydrogens (primary N) is 1. The number of benzene rings is 2. The van der Waals surface area contributed by atoms with Gasteiger partial charge in [-0.1, -0.05) is 50.2 Å². The number of nitrogens with zero attached hydrogens (tertiary/aromatic N) is 9. The first kappa shape index (κ1) is 50.7. The highest BCUT2D eigenvalue weighted by Crippen LogP contribution is 2.37. The van der Waals surface area contributed by atoms with E-state index in [4.69, 9.17) is 19.7 Å². The van der Waals surface area contributed by atoms with Gasteiger partial charge in [-0.2, -0.15) is 0 Å². The van der Waals surface area contributed by atoms with E-state index in [0.717, 1.165) is 125 Å². The van der Waals surface area contributed by atoms with Gasteiger partial charge in [0.2, 0.25) is 5.91 Å². The van der Waals surface area contributed by atoms with Crippen LogP contribution in [-0.4, -0.2) is 172 Å². The third-order valence-corrected chi connectivity index (χ3v) is 16.2. The van der Waals surface area contributed by atoms with Crippen LogP contribution in [0.25, 0.3) is 21.7 Å². The van der Waals surface area contributed by atoms with Gasteiger partial charge in [0.1, 0.15) is 18.1 Å². The van der Waals surface area contributed by atoms with Crippen LogP contribution in [0.5, 0.6) is 11.6 Å². The van der Waals surface area contributed by atoms with E-state index < -0.39 is 12.1 Å². The van der Waals surface area contributed by atoms with Gasteiger partial charge in [-0.25, -0.2) is 4.98 Å². The number of anilines is 2. The molecule has 0 bridgehead atoms. The first-order chi connectivity index (χ1) is 34.4. The molecule has 1 amide bonds. The summed E-state index contributed by atoms with van der Waals surface area (Å²) in [6, 6.07) is 18.7. The van der Waals surface area contributed by atoms with Crippen LogP contribution in [0.4, 0.5) is 11.5 Å². The van der Waals surface area contributed by atoms with Crippen LogP contribution in [-0.2, 0) is 9.53 Å². The van der Waals surface area contributed by atoms with Crippen molar-refractivity contribution in [2.75, 3.05) is 109 Å². The number of thiazole rings is 1. The molecule has 1 spiro atoms. The second-order valence-electron chi connectivity index (χ2n) is 20.4. The number of rotatable bonds is 19. The molecule has 4 aliphatic heterocycles. The van der Waals surface area contributed by atoms with Gasteiger partial charge in [-0.05, 0) is 99.4 Å². The quantitative estimate of drug-likeness (QED) is 0.0698. The maximum Gasteiger partial charge on any atom is 0.254 e. The van der Waals surface area contributed by atoms with Crippen molar-refractivity contribution in [3.63, 3.8) is 0 Å². The molecule has 4 aliphatic rings. The molecule has 382 valence electrons. The molecule has 17 nitrogen and oxygen atoms in total. The molecule has 0 aliphatic carbocycles. The number of nitrogen functional groups attached to an aromatic ring is 1. The number of phenols is 1. The molecule has 18 heteroatoms. The number of aliphatic hydroxyl groups excluding tert-OH is 1. The first-order valence-corrected chi connectivity index (χ1v) is 26.6. The molecule has 9 rings (SSSR count). The number of ether oxygens (including phenoxy) is 2. The Labute approximate surface area is 422 Å². The zero-order valence-corrected chi connectivity index (χ0v) is 42.7. The summed E-state index contributed by atoms with van der Waals surface area (Å²) < 4.78 is 18.5. The number of unbranched alkanes of at least 4 members (excludes halogenated alkanes) is 1. The molecule has 0 radical (unpaired) electrons. The van der Waals surface area contributed by atoms with Gasteiger partial charge in [0.15, 0.2) is 5.82 Å². The summed E-state index contributed by atoms with van der Waals surface area (Å²) >= 11 is 1.63. The predicted octanol–water partition coefficient (Wildman–Crippen LogP) is 6.05. The van der Waals surface area contributed by atoms with E-state index in [9.17, 15) is 15.0 Å². The summed E-state index contributed by atoms with van der Waals surface area (Å²) in [5.41, 5.74) is 13.3. The summed E-state index contributed by atoms with van der Waals surface area (Å²) in [5, 5.41) is 37.1. The number of phenolic OH excluding ortho intramolecular Hbond substituents is 1. The summed E-state index contributed by atoms with van der Waals surface area (Å²) in [4.78, 5) is 31.3. The first-order valence-electron chi connectivity index (χ1n) is 25.7. The standard InChI is InChI=1S/C53H73N11O6S/c1-36(2)43(33-64-32-41(65)29-46(64)52(67)56-37(3)39-11-13-40(14-12-39)50-38(4)55-35-71-50)48-31-49(59-70-48)68-27-25-61-23-21-60(22-24-61)17-7-8-18-62-26-28-69-53(34-62)15-19-63(20-16-53)45-30-44(57-58-51(45)54)42-9-5-6-10-47(42)66/h5-6,9-14,30-31,35-37,41,43,46,65-66H,7-8,15-29,32-34H2,1-4H3,(H2,54,58)(H,56,67)/t37-,41+,43+,46-/m0/s1. The molecule has 7 heterocycles. The number of piperazine rings is 1.